The fraction of sp³-hybridized carbons (Fsp3) is 0.250. The van der Waals surface area contributed by atoms with E-state index in [1.807, 2.05) is 22.4 Å². The van der Waals surface area contributed by atoms with Crippen molar-refractivity contribution >= 4 is 49.7 Å². The van der Waals surface area contributed by atoms with Crippen molar-refractivity contribution in [2.45, 2.75) is 6.42 Å². The monoisotopic (exact) mass is 338 g/mol. The summed E-state index contributed by atoms with van der Waals surface area (Å²) < 4.78 is 1.04. The molecule has 3 rings (SSSR count). The molecule has 0 atom stereocenters. The van der Waals surface area contributed by atoms with Crippen molar-refractivity contribution in [3.05, 3.63) is 28.3 Å². The minimum absolute atomic E-state index is 0.260. The lowest BCUT2D eigenvalue weighted by atomic mass is 10.4. The fourth-order valence-corrected chi connectivity index (χ4v) is 3.25. The number of anilines is 3. The molecule has 2 aromatic rings. The highest BCUT2D eigenvalue weighted by Gasteiger charge is 2.20. The molecule has 1 fully saturated rings. The van der Waals surface area contributed by atoms with E-state index in [1.54, 1.807) is 11.3 Å². The quantitative estimate of drug-likeness (QED) is 0.932. The molecule has 0 radical (unpaired) electrons. The number of Topliss-reactive ketones (excluding diaryl/α,β-unsaturated/α-hetero) is 1. The number of ketones is 1. The minimum Gasteiger partial charge on any atom is -0.349 e. The third-order valence-electron chi connectivity index (χ3n) is 2.82. The van der Waals surface area contributed by atoms with Crippen LogP contribution in [0.1, 0.15) is 6.42 Å². The molecule has 1 aliphatic rings. The molecule has 0 saturated carbocycles. The standard InChI is InChI=1S/C12H11BrN4OS/c13-8-3-12(19-6-8)16-10-4-11(15-7-14-10)17-2-1-9(18)5-17/h3-4,6-7H,1-2,5H2,(H,14,15,16). The number of aromatic nitrogens is 2. The van der Waals surface area contributed by atoms with Gasteiger partial charge in [-0.05, 0) is 22.0 Å². The second-order valence-electron chi connectivity index (χ2n) is 4.23. The van der Waals surface area contributed by atoms with E-state index in [9.17, 15) is 4.79 Å². The normalized spacial score (nSPS) is 15.0. The van der Waals surface area contributed by atoms with Crippen LogP contribution in [0.2, 0.25) is 0 Å². The molecule has 0 aromatic carbocycles. The first-order chi connectivity index (χ1) is 9.20. The fourth-order valence-electron chi connectivity index (χ4n) is 1.92. The lowest BCUT2D eigenvalue weighted by Crippen LogP contribution is -2.20. The van der Waals surface area contributed by atoms with E-state index in [2.05, 4.69) is 31.2 Å². The maximum absolute atomic E-state index is 11.3. The molecule has 0 amide bonds. The third-order valence-corrected chi connectivity index (χ3v) is 4.43. The summed E-state index contributed by atoms with van der Waals surface area (Å²) >= 11 is 5.01. The zero-order valence-corrected chi connectivity index (χ0v) is 12.4. The summed E-state index contributed by atoms with van der Waals surface area (Å²) in [7, 11) is 0. The van der Waals surface area contributed by atoms with Crippen LogP contribution < -0.4 is 10.2 Å². The highest BCUT2D eigenvalue weighted by Crippen LogP contribution is 2.27. The molecule has 0 aliphatic carbocycles. The Morgan fingerprint density at radius 3 is 2.95 bits per heavy atom. The van der Waals surface area contributed by atoms with E-state index in [0.717, 1.165) is 27.7 Å². The summed E-state index contributed by atoms with van der Waals surface area (Å²) in [5, 5.41) is 6.24. The number of carbonyl (C=O) groups excluding carboxylic acids is 1. The van der Waals surface area contributed by atoms with Gasteiger partial charge in [-0.1, -0.05) is 0 Å². The Labute approximate surface area is 122 Å². The molecular formula is C12H11BrN4OS. The number of thiophene rings is 1. The van der Waals surface area contributed by atoms with Crippen molar-refractivity contribution in [1.82, 2.24) is 9.97 Å². The van der Waals surface area contributed by atoms with Crippen LogP contribution >= 0.6 is 27.3 Å². The van der Waals surface area contributed by atoms with Crippen LogP contribution in [0.5, 0.6) is 0 Å². The Hall–Kier alpha value is -1.47. The maximum Gasteiger partial charge on any atom is 0.153 e. The van der Waals surface area contributed by atoms with Gasteiger partial charge in [0.15, 0.2) is 5.78 Å². The summed E-state index contributed by atoms with van der Waals surface area (Å²) in [6, 6.07) is 3.86. The average molecular weight is 339 g/mol. The SMILES string of the molecule is O=C1CCN(c2cc(Nc3cc(Br)cs3)ncn2)C1. The van der Waals surface area contributed by atoms with Crippen LogP contribution in [0.4, 0.5) is 16.6 Å². The van der Waals surface area contributed by atoms with Crippen molar-refractivity contribution in [2.75, 3.05) is 23.3 Å². The van der Waals surface area contributed by atoms with Crippen molar-refractivity contribution in [2.24, 2.45) is 0 Å². The molecule has 98 valence electrons. The number of carbonyl (C=O) groups is 1. The highest BCUT2D eigenvalue weighted by atomic mass is 79.9. The van der Waals surface area contributed by atoms with Gasteiger partial charge in [0.25, 0.3) is 0 Å². The van der Waals surface area contributed by atoms with E-state index in [-0.39, 0.29) is 5.78 Å². The predicted octanol–water partition coefficient (Wildman–Crippen LogP) is 2.82. The van der Waals surface area contributed by atoms with Crippen molar-refractivity contribution in [3.8, 4) is 0 Å². The molecular weight excluding hydrogens is 328 g/mol. The Morgan fingerprint density at radius 1 is 1.37 bits per heavy atom. The molecule has 1 saturated heterocycles. The molecule has 1 aliphatic heterocycles. The Morgan fingerprint density at radius 2 is 2.26 bits per heavy atom. The van der Waals surface area contributed by atoms with Crippen LogP contribution in [0.25, 0.3) is 0 Å². The van der Waals surface area contributed by atoms with Gasteiger partial charge in [-0.3, -0.25) is 4.79 Å². The second-order valence-corrected chi connectivity index (χ2v) is 6.05. The third kappa shape index (κ3) is 2.93. The second kappa shape index (κ2) is 5.26. The van der Waals surface area contributed by atoms with Gasteiger partial charge in [0, 0.05) is 28.9 Å². The number of nitrogens with one attached hydrogen (secondary N) is 1. The maximum atomic E-state index is 11.3. The molecule has 3 heterocycles. The molecule has 7 heteroatoms. The van der Waals surface area contributed by atoms with Gasteiger partial charge in [-0.25, -0.2) is 9.97 Å². The number of hydrogen-bond acceptors (Lipinski definition) is 6. The van der Waals surface area contributed by atoms with Crippen LogP contribution in [-0.4, -0.2) is 28.8 Å². The lowest BCUT2D eigenvalue weighted by Gasteiger charge is -2.15. The van der Waals surface area contributed by atoms with Crippen molar-refractivity contribution in [1.29, 1.82) is 0 Å². The van der Waals surface area contributed by atoms with Crippen molar-refractivity contribution in [3.63, 3.8) is 0 Å². The van der Waals surface area contributed by atoms with Gasteiger partial charge < -0.3 is 10.2 Å². The smallest absolute Gasteiger partial charge is 0.153 e. The van der Waals surface area contributed by atoms with Crippen LogP contribution in [0, 0.1) is 0 Å². The summed E-state index contributed by atoms with van der Waals surface area (Å²) in [4.78, 5) is 21.7. The minimum atomic E-state index is 0.260. The molecule has 0 bridgehead atoms. The molecule has 19 heavy (non-hydrogen) atoms. The molecule has 0 spiro atoms. The number of halogens is 1. The zero-order valence-electron chi connectivity index (χ0n) is 9.97. The molecule has 1 N–H and O–H groups in total. The van der Waals surface area contributed by atoms with E-state index in [4.69, 9.17) is 0 Å². The Balaban J connectivity index is 1.78. The summed E-state index contributed by atoms with van der Waals surface area (Å²) in [5.41, 5.74) is 0. The largest absolute Gasteiger partial charge is 0.349 e. The highest BCUT2D eigenvalue weighted by molar-refractivity contribution is 9.10. The van der Waals surface area contributed by atoms with Gasteiger partial charge in [0.2, 0.25) is 0 Å². The Kier molecular flexibility index (Phi) is 3.48. The molecule has 5 nitrogen and oxygen atoms in total. The number of nitrogens with zero attached hydrogens (tertiary/aromatic N) is 3. The van der Waals surface area contributed by atoms with Crippen molar-refractivity contribution < 1.29 is 4.79 Å². The topological polar surface area (TPSA) is 58.1 Å². The first-order valence-electron chi connectivity index (χ1n) is 5.80. The first-order valence-corrected chi connectivity index (χ1v) is 7.48. The molecule has 0 unspecified atom stereocenters. The zero-order chi connectivity index (χ0) is 13.2. The van der Waals surface area contributed by atoms with E-state index in [1.165, 1.54) is 6.33 Å². The summed E-state index contributed by atoms with van der Waals surface area (Å²) in [5.74, 6) is 1.79. The van der Waals surface area contributed by atoms with Gasteiger partial charge in [0.05, 0.1) is 11.5 Å². The first kappa shape index (κ1) is 12.6. The number of hydrogen-bond donors (Lipinski definition) is 1. The van der Waals surface area contributed by atoms with Gasteiger partial charge in [0.1, 0.15) is 18.0 Å². The molecule has 2 aromatic heterocycles. The predicted molar refractivity (Wildman–Crippen MR) is 79.2 cm³/mol. The van der Waals surface area contributed by atoms with E-state index in [0.29, 0.717) is 13.0 Å². The summed E-state index contributed by atoms with van der Waals surface area (Å²) in [6.45, 7) is 1.18. The number of rotatable bonds is 3. The van der Waals surface area contributed by atoms with E-state index >= 15 is 0 Å². The Bertz CT molecular complexity index is 615. The van der Waals surface area contributed by atoms with Crippen LogP contribution in [-0.2, 0) is 4.79 Å². The summed E-state index contributed by atoms with van der Waals surface area (Å²) in [6.07, 6.45) is 2.12. The van der Waals surface area contributed by atoms with Gasteiger partial charge in [-0.2, -0.15) is 0 Å². The lowest BCUT2D eigenvalue weighted by molar-refractivity contribution is -0.116. The van der Waals surface area contributed by atoms with Crippen LogP contribution in [0.15, 0.2) is 28.3 Å². The van der Waals surface area contributed by atoms with Crippen LogP contribution in [0.3, 0.4) is 0 Å². The van der Waals surface area contributed by atoms with Gasteiger partial charge in [-0.15, -0.1) is 11.3 Å². The average Bonchev–Trinajstić information content (AvgIpc) is 2.99. The van der Waals surface area contributed by atoms with E-state index < -0.39 is 0 Å². The van der Waals surface area contributed by atoms with Gasteiger partial charge >= 0.3 is 0 Å².